The fraction of sp³-hybridized carbons (Fsp3) is 0.474. The molecule has 0 amide bonds. The lowest BCUT2D eigenvalue weighted by Crippen LogP contribution is -2.18. The van der Waals surface area contributed by atoms with Crippen LogP contribution in [0.4, 0.5) is 0 Å². The standard InChI is InChI=1S/C19H27N3S/c1-4-6-12-17(5-2)18-14-23-19(20-18)22-21-15(3)13-16-10-8-7-9-11-16/h4,6-11,17-18H,5,12-14H2,1-3H3,(H,20,22)/b6-4-,21-15-. The Bertz CT molecular complexity index is 563. The molecule has 0 aromatic heterocycles. The molecule has 2 atom stereocenters. The van der Waals surface area contributed by atoms with Crippen molar-refractivity contribution in [1.82, 2.24) is 5.43 Å². The SMILES string of the molecule is C/C=C\CC(CC)C1CSC(N/N=C(/C)Cc2ccccc2)=N1. The molecule has 0 aliphatic carbocycles. The third kappa shape index (κ3) is 5.87. The van der Waals surface area contributed by atoms with Crippen LogP contribution in [0, 0.1) is 5.92 Å². The van der Waals surface area contributed by atoms with Crippen molar-refractivity contribution in [3.05, 3.63) is 48.0 Å². The predicted octanol–water partition coefficient (Wildman–Crippen LogP) is 4.66. The van der Waals surface area contributed by atoms with E-state index in [1.807, 2.05) is 6.07 Å². The van der Waals surface area contributed by atoms with Gasteiger partial charge < -0.3 is 0 Å². The monoisotopic (exact) mass is 329 g/mol. The topological polar surface area (TPSA) is 36.8 Å². The summed E-state index contributed by atoms with van der Waals surface area (Å²) < 4.78 is 0. The third-order valence-corrected chi connectivity index (χ3v) is 5.04. The van der Waals surface area contributed by atoms with Crippen molar-refractivity contribution in [1.29, 1.82) is 0 Å². The summed E-state index contributed by atoms with van der Waals surface area (Å²) in [4.78, 5) is 4.82. The highest BCUT2D eigenvalue weighted by Gasteiger charge is 2.24. The van der Waals surface area contributed by atoms with Crippen LogP contribution < -0.4 is 5.43 Å². The molecule has 0 fully saturated rings. The molecule has 2 rings (SSSR count). The van der Waals surface area contributed by atoms with Crippen LogP contribution in [0.1, 0.15) is 39.2 Å². The van der Waals surface area contributed by atoms with Crippen molar-refractivity contribution < 1.29 is 0 Å². The number of rotatable bonds is 7. The Labute approximate surface area is 144 Å². The summed E-state index contributed by atoms with van der Waals surface area (Å²) in [6.45, 7) is 6.39. The molecule has 1 aliphatic rings. The van der Waals surface area contributed by atoms with Gasteiger partial charge in [-0.25, -0.2) is 0 Å². The number of hydrogen-bond acceptors (Lipinski definition) is 4. The number of thioether (sulfide) groups is 1. The van der Waals surface area contributed by atoms with E-state index >= 15 is 0 Å². The highest BCUT2D eigenvalue weighted by Crippen LogP contribution is 2.27. The van der Waals surface area contributed by atoms with Crippen LogP contribution in [0.25, 0.3) is 0 Å². The van der Waals surface area contributed by atoms with Crippen molar-refractivity contribution in [3.63, 3.8) is 0 Å². The number of hydrogen-bond donors (Lipinski definition) is 1. The summed E-state index contributed by atoms with van der Waals surface area (Å²) in [5.74, 6) is 1.69. The van der Waals surface area contributed by atoms with Gasteiger partial charge in [-0.1, -0.05) is 67.6 Å². The van der Waals surface area contributed by atoms with Gasteiger partial charge in [-0.3, -0.25) is 10.4 Å². The number of hydrazone groups is 1. The lowest BCUT2D eigenvalue weighted by Gasteiger charge is -2.16. The number of nitrogens with one attached hydrogen (secondary N) is 1. The first-order valence-electron chi connectivity index (χ1n) is 8.37. The van der Waals surface area contributed by atoms with Crippen LogP contribution in [0.5, 0.6) is 0 Å². The zero-order valence-electron chi connectivity index (χ0n) is 14.3. The first-order chi connectivity index (χ1) is 11.2. The molecule has 1 heterocycles. The van der Waals surface area contributed by atoms with Crippen LogP contribution in [0.3, 0.4) is 0 Å². The second-order valence-electron chi connectivity index (χ2n) is 5.91. The van der Waals surface area contributed by atoms with Crippen molar-refractivity contribution in [2.24, 2.45) is 16.0 Å². The molecule has 0 spiro atoms. The van der Waals surface area contributed by atoms with Crippen LogP contribution in [-0.2, 0) is 6.42 Å². The average molecular weight is 330 g/mol. The van der Waals surface area contributed by atoms with Gasteiger partial charge in [0.25, 0.3) is 0 Å². The summed E-state index contributed by atoms with van der Waals surface area (Å²) in [5, 5.41) is 5.44. The smallest absolute Gasteiger partial charge is 0.177 e. The third-order valence-electron chi connectivity index (χ3n) is 4.06. The molecule has 0 saturated carbocycles. The van der Waals surface area contributed by atoms with Crippen molar-refractivity contribution >= 4 is 22.6 Å². The van der Waals surface area contributed by atoms with Crippen molar-refractivity contribution in [2.45, 2.75) is 46.1 Å². The molecule has 1 aromatic rings. The minimum absolute atomic E-state index is 0.410. The van der Waals surface area contributed by atoms with Gasteiger partial charge in [-0.05, 0) is 31.7 Å². The number of aliphatic imine (C=N–C) groups is 1. The van der Waals surface area contributed by atoms with Crippen LogP contribution >= 0.6 is 11.8 Å². The van der Waals surface area contributed by atoms with Gasteiger partial charge in [0.05, 0.1) is 6.04 Å². The number of amidine groups is 1. The lowest BCUT2D eigenvalue weighted by molar-refractivity contribution is 0.444. The summed E-state index contributed by atoms with van der Waals surface area (Å²) >= 11 is 1.78. The van der Waals surface area contributed by atoms with E-state index < -0.39 is 0 Å². The van der Waals surface area contributed by atoms with Gasteiger partial charge in [0, 0.05) is 17.9 Å². The molecular formula is C19H27N3S. The predicted molar refractivity (Wildman–Crippen MR) is 103 cm³/mol. The van der Waals surface area contributed by atoms with Gasteiger partial charge in [0.2, 0.25) is 0 Å². The molecule has 1 N–H and O–H groups in total. The first kappa shape index (κ1) is 17.8. The highest BCUT2D eigenvalue weighted by atomic mass is 32.2. The van der Waals surface area contributed by atoms with Gasteiger partial charge in [-0.15, -0.1) is 0 Å². The van der Waals surface area contributed by atoms with E-state index in [-0.39, 0.29) is 0 Å². The van der Waals surface area contributed by atoms with E-state index in [2.05, 4.69) is 67.7 Å². The molecule has 0 bridgehead atoms. The van der Waals surface area contributed by atoms with E-state index in [1.165, 1.54) is 12.0 Å². The fourth-order valence-corrected chi connectivity index (χ4v) is 3.67. The maximum Gasteiger partial charge on any atom is 0.177 e. The number of nitrogens with zero attached hydrogens (tertiary/aromatic N) is 2. The van der Waals surface area contributed by atoms with E-state index in [1.54, 1.807) is 11.8 Å². The van der Waals surface area contributed by atoms with Crippen LogP contribution in [0.2, 0.25) is 0 Å². The Balaban J connectivity index is 1.87. The summed E-state index contributed by atoms with van der Waals surface area (Å²) in [6.07, 6.45) is 7.54. The second kappa shape index (κ2) is 9.56. The maximum atomic E-state index is 4.82. The Kier molecular flexibility index (Phi) is 7.40. The highest BCUT2D eigenvalue weighted by molar-refractivity contribution is 8.14. The average Bonchev–Trinajstić information content (AvgIpc) is 3.03. The van der Waals surface area contributed by atoms with E-state index in [0.29, 0.717) is 12.0 Å². The Morgan fingerprint density at radius 3 is 2.91 bits per heavy atom. The quantitative estimate of drug-likeness (QED) is 0.449. The summed E-state index contributed by atoms with van der Waals surface area (Å²) in [5.41, 5.74) is 5.51. The Morgan fingerprint density at radius 2 is 2.22 bits per heavy atom. The van der Waals surface area contributed by atoms with Gasteiger partial charge in [-0.2, -0.15) is 5.10 Å². The molecule has 124 valence electrons. The molecular weight excluding hydrogens is 302 g/mol. The molecule has 23 heavy (non-hydrogen) atoms. The van der Waals surface area contributed by atoms with E-state index in [9.17, 15) is 0 Å². The lowest BCUT2D eigenvalue weighted by atomic mass is 9.95. The normalized spacial score (nSPS) is 19.9. The molecule has 3 nitrogen and oxygen atoms in total. The fourth-order valence-electron chi connectivity index (χ4n) is 2.67. The Hall–Kier alpha value is -1.55. The van der Waals surface area contributed by atoms with Crippen molar-refractivity contribution in [2.75, 3.05) is 5.75 Å². The van der Waals surface area contributed by atoms with Gasteiger partial charge >= 0.3 is 0 Å². The van der Waals surface area contributed by atoms with E-state index in [4.69, 9.17) is 4.99 Å². The first-order valence-corrected chi connectivity index (χ1v) is 9.36. The largest absolute Gasteiger partial charge is 0.257 e. The minimum atomic E-state index is 0.410. The number of benzene rings is 1. The Morgan fingerprint density at radius 1 is 1.43 bits per heavy atom. The summed E-state index contributed by atoms with van der Waals surface area (Å²) in [6, 6.07) is 10.8. The zero-order valence-corrected chi connectivity index (χ0v) is 15.1. The minimum Gasteiger partial charge on any atom is -0.257 e. The molecule has 1 aliphatic heterocycles. The molecule has 2 unspecified atom stereocenters. The zero-order chi connectivity index (χ0) is 16.5. The second-order valence-corrected chi connectivity index (χ2v) is 6.92. The van der Waals surface area contributed by atoms with Gasteiger partial charge in [0.15, 0.2) is 5.17 Å². The van der Waals surface area contributed by atoms with Gasteiger partial charge in [0.1, 0.15) is 0 Å². The summed E-state index contributed by atoms with van der Waals surface area (Å²) in [7, 11) is 0. The van der Waals surface area contributed by atoms with Crippen molar-refractivity contribution in [3.8, 4) is 0 Å². The maximum absolute atomic E-state index is 4.82. The molecule has 1 aromatic carbocycles. The molecule has 4 heteroatoms. The van der Waals surface area contributed by atoms with E-state index in [0.717, 1.165) is 29.5 Å². The number of allylic oxidation sites excluding steroid dienone is 2. The molecule has 0 saturated heterocycles. The molecule has 0 radical (unpaired) electrons. The van der Waals surface area contributed by atoms with Crippen LogP contribution in [0.15, 0.2) is 52.6 Å². The van der Waals surface area contributed by atoms with Crippen LogP contribution in [-0.4, -0.2) is 22.7 Å².